The van der Waals surface area contributed by atoms with Crippen molar-refractivity contribution in [3.05, 3.63) is 28.3 Å². The number of aliphatic hydroxyl groups excluding tert-OH is 1. The van der Waals surface area contributed by atoms with Crippen LogP contribution in [0.4, 0.5) is 0 Å². The van der Waals surface area contributed by atoms with Crippen LogP contribution in [0.25, 0.3) is 11.3 Å². The van der Waals surface area contributed by atoms with Crippen LogP contribution in [0.3, 0.4) is 0 Å². The highest BCUT2D eigenvalue weighted by atomic mass is 32.1. The molecule has 6 heteroatoms. The van der Waals surface area contributed by atoms with Crippen molar-refractivity contribution < 1.29 is 9.90 Å². The Balaban J connectivity index is 2.17. The van der Waals surface area contributed by atoms with Crippen molar-refractivity contribution in [1.29, 1.82) is 0 Å². The normalized spacial score (nSPS) is 11.1. The second-order valence-corrected chi connectivity index (χ2v) is 6.48. The Morgan fingerprint density at radius 1 is 1.52 bits per heavy atom. The van der Waals surface area contributed by atoms with Gasteiger partial charge >= 0.3 is 0 Å². The summed E-state index contributed by atoms with van der Waals surface area (Å²) in [6.45, 7) is 7.01. The molecule has 0 aliphatic carbocycles. The zero-order chi connectivity index (χ0) is 15.4. The minimum Gasteiger partial charge on any atom is -0.395 e. The van der Waals surface area contributed by atoms with Crippen LogP contribution in [-0.4, -0.2) is 45.6 Å². The summed E-state index contributed by atoms with van der Waals surface area (Å²) in [7, 11) is 0. The summed E-state index contributed by atoms with van der Waals surface area (Å²) in [5, 5.41) is 12.1. The maximum Gasteiger partial charge on any atom is 0.270 e. The van der Waals surface area contributed by atoms with Crippen LogP contribution in [0.2, 0.25) is 0 Å². The Kier molecular flexibility index (Phi) is 5.14. The number of thiazole rings is 1. The van der Waals surface area contributed by atoms with Crippen LogP contribution in [-0.2, 0) is 0 Å². The minimum absolute atomic E-state index is 0.0304. The number of aliphatic hydroxyl groups is 1. The monoisotopic (exact) mass is 307 g/mol. The van der Waals surface area contributed by atoms with Crippen LogP contribution >= 0.6 is 11.3 Å². The predicted molar refractivity (Wildman–Crippen MR) is 84.5 cm³/mol. The lowest BCUT2D eigenvalue weighted by Gasteiger charge is -2.23. The molecule has 114 valence electrons. The molecule has 0 aromatic carbocycles. The maximum atomic E-state index is 12.5. The van der Waals surface area contributed by atoms with E-state index in [-0.39, 0.29) is 12.5 Å². The van der Waals surface area contributed by atoms with Gasteiger partial charge in [-0.25, -0.2) is 4.98 Å². The number of carbonyl (C=O) groups excluding carboxylic acids is 1. The molecule has 0 aliphatic heterocycles. The summed E-state index contributed by atoms with van der Waals surface area (Å²) < 4.78 is 0. The van der Waals surface area contributed by atoms with E-state index in [1.807, 2.05) is 18.4 Å². The van der Waals surface area contributed by atoms with Gasteiger partial charge in [0.15, 0.2) is 0 Å². The Bertz CT molecular complexity index is 604. The number of H-pyrrole nitrogens is 1. The summed E-state index contributed by atoms with van der Waals surface area (Å²) in [6.07, 6.45) is 1.80. The van der Waals surface area contributed by atoms with Gasteiger partial charge in [0.05, 0.1) is 17.3 Å². The minimum atomic E-state index is -0.0871. The smallest absolute Gasteiger partial charge is 0.270 e. The van der Waals surface area contributed by atoms with Crippen LogP contribution in [0.5, 0.6) is 0 Å². The first-order valence-electron chi connectivity index (χ1n) is 7.02. The van der Waals surface area contributed by atoms with E-state index in [9.17, 15) is 4.79 Å². The molecule has 2 aromatic heterocycles. The third-order valence-corrected chi connectivity index (χ3v) is 3.84. The highest BCUT2D eigenvalue weighted by Gasteiger charge is 2.18. The molecule has 0 saturated carbocycles. The van der Waals surface area contributed by atoms with Crippen molar-refractivity contribution in [3.8, 4) is 11.3 Å². The van der Waals surface area contributed by atoms with Crippen molar-refractivity contribution in [3.63, 3.8) is 0 Å². The lowest BCUT2D eigenvalue weighted by Crippen LogP contribution is -2.36. The summed E-state index contributed by atoms with van der Waals surface area (Å²) in [4.78, 5) is 21.6. The van der Waals surface area contributed by atoms with E-state index in [4.69, 9.17) is 5.11 Å². The zero-order valence-electron chi connectivity index (χ0n) is 12.6. The predicted octanol–water partition coefficient (Wildman–Crippen LogP) is 2.54. The highest BCUT2D eigenvalue weighted by molar-refractivity contribution is 7.09. The Morgan fingerprint density at radius 2 is 2.29 bits per heavy atom. The molecule has 0 atom stereocenters. The first-order chi connectivity index (χ1) is 10.0. The number of rotatable bonds is 6. The zero-order valence-corrected chi connectivity index (χ0v) is 13.4. The molecule has 21 heavy (non-hydrogen) atoms. The molecule has 2 aromatic rings. The first kappa shape index (κ1) is 15.7. The van der Waals surface area contributed by atoms with E-state index in [2.05, 4.69) is 23.8 Å². The van der Waals surface area contributed by atoms with Gasteiger partial charge in [0, 0.05) is 30.2 Å². The standard InChI is InChI=1S/C15H21N3O2S/c1-10(2)8-18(4-5-19)15(20)13-6-12(7-16-13)14-9-21-11(3)17-14/h6-7,9-10,16,19H,4-5,8H2,1-3H3. The third kappa shape index (κ3) is 3.92. The van der Waals surface area contributed by atoms with Gasteiger partial charge in [0.1, 0.15) is 5.69 Å². The molecule has 2 N–H and O–H groups in total. The summed E-state index contributed by atoms with van der Waals surface area (Å²) in [5.41, 5.74) is 2.33. The van der Waals surface area contributed by atoms with Gasteiger partial charge in [-0.05, 0) is 18.9 Å². The molecule has 0 radical (unpaired) electrons. The van der Waals surface area contributed by atoms with Gasteiger partial charge in [-0.1, -0.05) is 13.8 Å². The molecule has 0 spiro atoms. The number of hydrogen-bond donors (Lipinski definition) is 2. The van der Waals surface area contributed by atoms with Gasteiger partial charge in [0.2, 0.25) is 0 Å². The number of nitrogens with zero attached hydrogens (tertiary/aromatic N) is 2. The lowest BCUT2D eigenvalue weighted by atomic mass is 10.2. The van der Waals surface area contributed by atoms with Gasteiger partial charge < -0.3 is 15.0 Å². The average molecular weight is 307 g/mol. The molecule has 0 fully saturated rings. The number of carbonyl (C=O) groups is 1. The second-order valence-electron chi connectivity index (χ2n) is 5.42. The number of aromatic nitrogens is 2. The molecular weight excluding hydrogens is 286 g/mol. The largest absolute Gasteiger partial charge is 0.395 e. The summed E-state index contributed by atoms with van der Waals surface area (Å²) >= 11 is 1.59. The van der Waals surface area contributed by atoms with Gasteiger partial charge in [-0.3, -0.25) is 4.79 Å². The number of aromatic amines is 1. The molecule has 0 saturated heterocycles. The molecule has 2 rings (SSSR count). The van der Waals surface area contributed by atoms with Crippen LogP contribution < -0.4 is 0 Å². The van der Waals surface area contributed by atoms with E-state index in [0.717, 1.165) is 16.3 Å². The van der Waals surface area contributed by atoms with Gasteiger partial charge in [-0.2, -0.15) is 0 Å². The Labute approximate surface area is 128 Å². The fourth-order valence-corrected chi connectivity index (χ4v) is 2.79. The number of aryl methyl sites for hydroxylation is 1. The molecule has 2 heterocycles. The second kappa shape index (κ2) is 6.87. The quantitative estimate of drug-likeness (QED) is 0.861. The van der Waals surface area contributed by atoms with Crippen molar-refractivity contribution >= 4 is 17.2 Å². The molecule has 0 bridgehead atoms. The SMILES string of the molecule is Cc1nc(-c2c[nH]c(C(=O)N(CCO)CC(C)C)c2)cs1. The maximum absolute atomic E-state index is 12.5. The fraction of sp³-hybridized carbons (Fsp3) is 0.467. The van der Waals surface area contributed by atoms with E-state index >= 15 is 0 Å². The molecule has 0 aliphatic rings. The molecular formula is C15H21N3O2S. The van der Waals surface area contributed by atoms with E-state index in [0.29, 0.717) is 24.7 Å². The Morgan fingerprint density at radius 3 is 2.86 bits per heavy atom. The Hall–Kier alpha value is -1.66. The summed E-state index contributed by atoms with van der Waals surface area (Å²) in [5.74, 6) is 0.270. The van der Waals surface area contributed by atoms with E-state index in [1.165, 1.54) is 0 Å². The first-order valence-corrected chi connectivity index (χ1v) is 7.90. The number of nitrogens with one attached hydrogen (secondary N) is 1. The molecule has 0 unspecified atom stereocenters. The summed E-state index contributed by atoms with van der Waals surface area (Å²) in [6, 6.07) is 1.82. The number of amides is 1. The fourth-order valence-electron chi connectivity index (χ4n) is 2.17. The topological polar surface area (TPSA) is 69.2 Å². The molecule has 5 nitrogen and oxygen atoms in total. The van der Waals surface area contributed by atoms with Crippen LogP contribution in [0, 0.1) is 12.8 Å². The van der Waals surface area contributed by atoms with Crippen molar-refractivity contribution in [1.82, 2.24) is 14.9 Å². The van der Waals surface area contributed by atoms with Gasteiger partial charge in [-0.15, -0.1) is 11.3 Å². The lowest BCUT2D eigenvalue weighted by molar-refractivity contribution is 0.0695. The van der Waals surface area contributed by atoms with Crippen molar-refractivity contribution in [2.75, 3.05) is 19.7 Å². The van der Waals surface area contributed by atoms with Crippen LogP contribution in [0.15, 0.2) is 17.6 Å². The number of hydrogen-bond acceptors (Lipinski definition) is 4. The average Bonchev–Trinajstić information content (AvgIpc) is 3.05. The van der Waals surface area contributed by atoms with E-state index < -0.39 is 0 Å². The molecule has 1 amide bonds. The van der Waals surface area contributed by atoms with E-state index in [1.54, 1.807) is 22.4 Å². The van der Waals surface area contributed by atoms with Crippen LogP contribution in [0.1, 0.15) is 29.3 Å². The van der Waals surface area contributed by atoms with Crippen molar-refractivity contribution in [2.45, 2.75) is 20.8 Å². The van der Waals surface area contributed by atoms with Gasteiger partial charge in [0.25, 0.3) is 5.91 Å². The van der Waals surface area contributed by atoms with Crippen molar-refractivity contribution in [2.24, 2.45) is 5.92 Å². The highest BCUT2D eigenvalue weighted by Crippen LogP contribution is 2.22. The third-order valence-electron chi connectivity index (χ3n) is 3.07.